The van der Waals surface area contributed by atoms with Gasteiger partial charge in [0, 0.05) is 20.5 Å². The molecule has 0 N–H and O–H groups in total. The number of amides is 1. The molecule has 2 atom stereocenters. The average molecular weight is 219 g/mol. The van der Waals surface area contributed by atoms with Gasteiger partial charge in [-0.25, -0.2) is 0 Å². The zero-order valence-electron chi connectivity index (χ0n) is 10.5. The Hall–Kier alpha value is -1.05. The van der Waals surface area contributed by atoms with E-state index >= 15 is 0 Å². The molecule has 0 aliphatic heterocycles. The monoisotopic (exact) mass is 219 g/mol. The molecule has 88 valence electrons. The fraction of sp³-hybridized carbons (Fsp3) is 0.643. The molecule has 16 heavy (non-hydrogen) atoms. The van der Waals surface area contributed by atoms with Gasteiger partial charge in [0.1, 0.15) is 0 Å². The first-order valence-corrected chi connectivity index (χ1v) is 6.13. The van der Waals surface area contributed by atoms with Gasteiger partial charge in [-0.2, -0.15) is 0 Å². The zero-order chi connectivity index (χ0) is 11.8. The van der Waals surface area contributed by atoms with Gasteiger partial charge in [0.2, 0.25) is 5.91 Å². The molecule has 2 nitrogen and oxygen atoms in total. The summed E-state index contributed by atoms with van der Waals surface area (Å²) in [5.74, 6) is 0.817. The van der Waals surface area contributed by atoms with Crippen LogP contribution in [0.3, 0.4) is 0 Å². The summed E-state index contributed by atoms with van der Waals surface area (Å²) in [6.07, 6.45) is 10.5. The second-order valence-electron chi connectivity index (χ2n) is 5.36. The molecule has 2 aliphatic rings. The molecular formula is C14H21NO. The third-order valence-corrected chi connectivity index (χ3v) is 4.10. The first kappa shape index (κ1) is 11.4. The minimum absolute atomic E-state index is 0.169. The first-order chi connectivity index (χ1) is 7.54. The van der Waals surface area contributed by atoms with Gasteiger partial charge < -0.3 is 4.90 Å². The maximum Gasteiger partial charge on any atom is 0.219 e. The largest absolute Gasteiger partial charge is 0.346 e. The SMILES string of the molecule is CC(=O)N(C)CC1CC1(C)C1=CCCC=C1. The van der Waals surface area contributed by atoms with Crippen molar-refractivity contribution < 1.29 is 4.79 Å². The number of allylic oxidation sites excluding steroid dienone is 4. The predicted octanol–water partition coefficient (Wildman–Crippen LogP) is 2.77. The lowest BCUT2D eigenvalue weighted by atomic mass is 9.91. The molecule has 0 saturated heterocycles. The van der Waals surface area contributed by atoms with E-state index in [1.807, 2.05) is 11.9 Å². The molecule has 2 unspecified atom stereocenters. The van der Waals surface area contributed by atoms with Crippen molar-refractivity contribution in [1.29, 1.82) is 0 Å². The second kappa shape index (κ2) is 4.08. The van der Waals surface area contributed by atoms with Crippen LogP contribution in [0.4, 0.5) is 0 Å². The van der Waals surface area contributed by atoms with Gasteiger partial charge in [-0.05, 0) is 36.2 Å². The van der Waals surface area contributed by atoms with Crippen molar-refractivity contribution >= 4 is 5.91 Å². The van der Waals surface area contributed by atoms with Crippen molar-refractivity contribution in [3.8, 4) is 0 Å². The van der Waals surface area contributed by atoms with Crippen molar-refractivity contribution in [2.45, 2.75) is 33.1 Å². The maximum atomic E-state index is 11.2. The normalized spacial score (nSPS) is 32.2. The highest BCUT2D eigenvalue weighted by molar-refractivity contribution is 5.72. The maximum absolute atomic E-state index is 11.2. The topological polar surface area (TPSA) is 20.3 Å². The van der Waals surface area contributed by atoms with Crippen LogP contribution in [0.1, 0.15) is 33.1 Å². The van der Waals surface area contributed by atoms with Crippen LogP contribution >= 0.6 is 0 Å². The van der Waals surface area contributed by atoms with E-state index in [0.717, 1.165) is 6.54 Å². The fourth-order valence-electron chi connectivity index (χ4n) is 2.57. The minimum Gasteiger partial charge on any atom is -0.346 e. The fourth-order valence-corrected chi connectivity index (χ4v) is 2.57. The van der Waals surface area contributed by atoms with Gasteiger partial charge in [-0.3, -0.25) is 4.79 Å². The summed E-state index contributed by atoms with van der Waals surface area (Å²) in [5, 5.41) is 0. The van der Waals surface area contributed by atoms with Crippen molar-refractivity contribution in [1.82, 2.24) is 4.90 Å². The highest BCUT2D eigenvalue weighted by Gasteiger charge is 2.52. The molecular weight excluding hydrogens is 198 g/mol. The average Bonchev–Trinajstić information content (AvgIpc) is 2.92. The van der Waals surface area contributed by atoms with E-state index in [4.69, 9.17) is 0 Å². The molecule has 2 rings (SSSR count). The van der Waals surface area contributed by atoms with E-state index in [0.29, 0.717) is 11.3 Å². The van der Waals surface area contributed by atoms with Crippen LogP contribution in [0.2, 0.25) is 0 Å². The Balaban J connectivity index is 1.96. The summed E-state index contributed by atoms with van der Waals surface area (Å²) in [6.45, 7) is 4.86. The molecule has 0 heterocycles. The third kappa shape index (κ3) is 2.06. The number of nitrogens with zero attached hydrogens (tertiary/aromatic N) is 1. The Morgan fingerprint density at radius 1 is 1.56 bits per heavy atom. The summed E-state index contributed by atoms with van der Waals surface area (Å²) in [5.41, 5.74) is 1.82. The molecule has 0 bridgehead atoms. The number of hydrogen-bond acceptors (Lipinski definition) is 1. The standard InChI is InChI=1S/C14H21NO/c1-11(16)15(3)10-13-9-14(13,2)12-7-5-4-6-8-12/h5,7-8,13H,4,6,9-10H2,1-3H3. The molecule has 1 saturated carbocycles. The van der Waals surface area contributed by atoms with E-state index in [1.165, 1.54) is 24.8 Å². The van der Waals surface area contributed by atoms with Gasteiger partial charge >= 0.3 is 0 Å². The van der Waals surface area contributed by atoms with Crippen LogP contribution in [-0.4, -0.2) is 24.4 Å². The lowest BCUT2D eigenvalue weighted by Gasteiger charge is -2.19. The van der Waals surface area contributed by atoms with Crippen LogP contribution in [0.25, 0.3) is 0 Å². The highest BCUT2D eigenvalue weighted by Crippen LogP contribution is 2.58. The molecule has 2 heteroatoms. The Kier molecular flexibility index (Phi) is 2.92. The molecule has 0 aromatic rings. The molecule has 0 aromatic heterocycles. The van der Waals surface area contributed by atoms with E-state index in [2.05, 4.69) is 25.2 Å². The highest BCUT2D eigenvalue weighted by atomic mass is 16.2. The van der Waals surface area contributed by atoms with Crippen molar-refractivity contribution in [2.24, 2.45) is 11.3 Å². The van der Waals surface area contributed by atoms with E-state index < -0.39 is 0 Å². The van der Waals surface area contributed by atoms with E-state index in [-0.39, 0.29) is 5.91 Å². The lowest BCUT2D eigenvalue weighted by molar-refractivity contribution is -0.127. The lowest BCUT2D eigenvalue weighted by Crippen LogP contribution is -2.27. The van der Waals surface area contributed by atoms with Crippen LogP contribution in [0.5, 0.6) is 0 Å². The number of carbonyl (C=O) groups excluding carboxylic acids is 1. The van der Waals surface area contributed by atoms with Crippen LogP contribution in [-0.2, 0) is 4.79 Å². The smallest absolute Gasteiger partial charge is 0.219 e. The predicted molar refractivity (Wildman–Crippen MR) is 66.0 cm³/mol. The van der Waals surface area contributed by atoms with Crippen molar-refractivity contribution in [2.75, 3.05) is 13.6 Å². The third-order valence-electron chi connectivity index (χ3n) is 4.10. The number of rotatable bonds is 3. The minimum atomic E-state index is 0.169. The summed E-state index contributed by atoms with van der Waals surface area (Å²) in [6, 6.07) is 0. The van der Waals surface area contributed by atoms with Crippen LogP contribution < -0.4 is 0 Å². The summed E-state index contributed by atoms with van der Waals surface area (Å²) < 4.78 is 0. The molecule has 1 fully saturated rings. The van der Waals surface area contributed by atoms with E-state index in [1.54, 1.807) is 6.92 Å². The van der Waals surface area contributed by atoms with Gasteiger partial charge in [0.05, 0.1) is 0 Å². The summed E-state index contributed by atoms with van der Waals surface area (Å²) in [7, 11) is 1.90. The van der Waals surface area contributed by atoms with Crippen molar-refractivity contribution in [3.05, 3.63) is 23.8 Å². The van der Waals surface area contributed by atoms with Gasteiger partial charge in [-0.1, -0.05) is 25.2 Å². The first-order valence-electron chi connectivity index (χ1n) is 6.13. The van der Waals surface area contributed by atoms with Gasteiger partial charge in [0.25, 0.3) is 0 Å². The molecule has 1 amide bonds. The molecule has 0 radical (unpaired) electrons. The number of carbonyl (C=O) groups is 1. The number of hydrogen-bond donors (Lipinski definition) is 0. The zero-order valence-corrected chi connectivity index (χ0v) is 10.5. The molecule has 0 spiro atoms. The summed E-state index contributed by atoms with van der Waals surface area (Å²) in [4.78, 5) is 13.0. The van der Waals surface area contributed by atoms with Crippen LogP contribution in [0.15, 0.2) is 23.8 Å². The Bertz CT molecular complexity index is 356. The molecule has 2 aliphatic carbocycles. The van der Waals surface area contributed by atoms with Gasteiger partial charge in [-0.15, -0.1) is 0 Å². The Labute approximate surface area is 98.0 Å². The van der Waals surface area contributed by atoms with Crippen LogP contribution in [0, 0.1) is 11.3 Å². The Morgan fingerprint density at radius 3 is 2.88 bits per heavy atom. The molecule has 0 aromatic carbocycles. The van der Waals surface area contributed by atoms with Gasteiger partial charge in [0.15, 0.2) is 0 Å². The summed E-state index contributed by atoms with van der Waals surface area (Å²) >= 11 is 0. The second-order valence-corrected chi connectivity index (χ2v) is 5.36. The van der Waals surface area contributed by atoms with Crippen molar-refractivity contribution in [3.63, 3.8) is 0 Å². The Morgan fingerprint density at radius 2 is 2.31 bits per heavy atom. The quantitative estimate of drug-likeness (QED) is 0.714. The van der Waals surface area contributed by atoms with E-state index in [9.17, 15) is 4.79 Å².